The van der Waals surface area contributed by atoms with Crippen molar-refractivity contribution in [1.29, 1.82) is 0 Å². The third kappa shape index (κ3) is 3.57. The number of carbonyl (C=O) groups excluding carboxylic acids is 1. The van der Waals surface area contributed by atoms with Gasteiger partial charge in [-0.05, 0) is 5.56 Å². The lowest BCUT2D eigenvalue weighted by Crippen LogP contribution is -2.19. The molecule has 0 atom stereocenters. The molecular weight excluding hydrogens is 291 g/mol. The topological polar surface area (TPSA) is 68.5 Å². The number of halogens is 3. The van der Waals surface area contributed by atoms with Crippen molar-refractivity contribution in [2.45, 2.75) is 12.7 Å². The van der Waals surface area contributed by atoms with Gasteiger partial charge < -0.3 is 4.52 Å². The number of hydrogen-bond acceptors (Lipinski definition) is 5. The lowest BCUT2D eigenvalue weighted by Gasteiger charge is -2.13. The van der Waals surface area contributed by atoms with E-state index in [1.165, 1.54) is 19.2 Å². The van der Waals surface area contributed by atoms with Crippen LogP contribution in [0, 0.1) is 0 Å². The molecule has 0 radical (unpaired) electrons. The van der Waals surface area contributed by atoms with Crippen molar-refractivity contribution in [2.24, 2.45) is 0 Å². The molecule has 0 unspecified atom stereocenters. The van der Waals surface area contributed by atoms with Crippen LogP contribution < -0.4 is 0 Å². The van der Waals surface area contributed by atoms with Crippen molar-refractivity contribution in [3.8, 4) is 11.4 Å². The number of amides is 1. The molecule has 1 aromatic carbocycles. The Hall–Kier alpha value is -2.42. The molecule has 0 saturated heterocycles. The second-order valence-corrected chi connectivity index (χ2v) is 3.98. The lowest BCUT2D eigenvalue weighted by molar-refractivity contribution is -0.163. The van der Waals surface area contributed by atoms with E-state index in [0.717, 1.165) is 10.6 Å². The van der Waals surface area contributed by atoms with E-state index in [-0.39, 0.29) is 12.4 Å². The Bertz CT molecular complexity index is 610. The van der Waals surface area contributed by atoms with Gasteiger partial charge in [0.2, 0.25) is 12.2 Å². The van der Waals surface area contributed by atoms with Gasteiger partial charge in [-0.25, -0.2) is 5.06 Å². The van der Waals surface area contributed by atoms with Crippen LogP contribution in [0.1, 0.15) is 11.5 Å². The molecule has 1 aromatic heterocycles. The minimum absolute atomic E-state index is 0.159. The van der Waals surface area contributed by atoms with Crippen LogP contribution in [0.3, 0.4) is 0 Å². The van der Waals surface area contributed by atoms with Gasteiger partial charge in [0.15, 0.2) is 0 Å². The summed E-state index contributed by atoms with van der Waals surface area (Å²) in [5.41, 5.74) is 1.10. The Morgan fingerprint density at radius 2 is 2.00 bits per heavy atom. The molecule has 112 valence electrons. The van der Waals surface area contributed by atoms with Crippen molar-refractivity contribution < 1.29 is 27.3 Å². The highest BCUT2D eigenvalue weighted by molar-refractivity contribution is 5.55. The number of benzene rings is 1. The Balaban J connectivity index is 2.15. The number of rotatable bonds is 5. The summed E-state index contributed by atoms with van der Waals surface area (Å²) in [6.07, 6.45) is -4.16. The predicted octanol–water partition coefficient (Wildman–Crippen LogP) is 2.28. The Morgan fingerprint density at radius 3 is 2.48 bits per heavy atom. The first-order valence-electron chi connectivity index (χ1n) is 5.70. The van der Waals surface area contributed by atoms with E-state index < -0.39 is 12.1 Å². The minimum atomic E-state index is -4.67. The van der Waals surface area contributed by atoms with E-state index >= 15 is 0 Å². The summed E-state index contributed by atoms with van der Waals surface area (Å²) in [6.45, 7) is 0.209. The summed E-state index contributed by atoms with van der Waals surface area (Å²) in [6, 6.07) is 6.29. The molecule has 6 nitrogen and oxygen atoms in total. The Kier molecular flexibility index (Phi) is 4.22. The highest BCUT2D eigenvalue weighted by Gasteiger charge is 2.38. The van der Waals surface area contributed by atoms with Crippen LogP contribution in [-0.2, 0) is 22.4 Å². The molecule has 1 heterocycles. The van der Waals surface area contributed by atoms with E-state index in [1.807, 2.05) is 0 Å². The van der Waals surface area contributed by atoms with Crippen LogP contribution in [0.5, 0.6) is 0 Å². The van der Waals surface area contributed by atoms with Crippen molar-refractivity contribution in [3.05, 3.63) is 35.7 Å². The maximum absolute atomic E-state index is 12.4. The normalized spacial score (nSPS) is 11.4. The molecular formula is C12H10F3N3O3. The second kappa shape index (κ2) is 5.92. The van der Waals surface area contributed by atoms with E-state index in [1.54, 1.807) is 12.1 Å². The number of nitrogens with zero attached hydrogens (tertiary/aromatic N) is 3. The first-order chi connectivity index (χ1) is 9.94. The molecule has 0 fully saturated rings. The van der Waals surface area contributed by atoms with Crippen LogP contribution in [0.4, 0.5) is 13.2 Å². The minimum Gasteiger partial charge on any atom is -0.329 e. The van der Waals surface area contributed by atoms with Gasteiger partial charge in [0.05, 0.1) is 13.7 Å². The molecule has 0 aliphatic carbocycles. The van der Waals surface area contributed by atoms with Gasteiger partial charge in [-0.3, -0.25) is 9.63 Å². The first-order valence-corrected chi connectivity index (χ1v) is 5.70. The van der Waals surface area contributed by atoms with Gasteiger partial charge in [0.25, 0.3) is 0 Å². The molecule has 2 rings (SSSR count). The maximum Gasteiger partial charge on any atom is 0.471 e. The smallest absolute Gasteiger partial charge is 0.329 e. The van der Waals surface area contributed by atoms with E-state index in [2.05, 4.69) is 14.7 Å². The summed E-state index contributed by atoms with van der Waals surface area (Å²) >= 11 is 0. The maximum atomic E-state index is 12.4. The zero-order valence-corrected chi connectivity index (χ0v) is 10.8. The Morgan fingerprint density at radius 1 is 1.33 bits per heavy atom. The summed E-state index contributed by atoms with van der Waals surface area (Å²) in [5.74, 6) is -1.55. The zero-order chi connectivity index (χ0) is 15.5. The third-order valence-electron chi connectivity index (χ3n) is 2.57. The highest BCUT2D eigenvalue weighted by atomic mass is 19.4. The van der Waals surface area contributed by atoms with Gasteiger partial charge >= 0.3 is 12.1 Å². The van der Waals surface area contributed by atoms with Crippen molar-refractivity contribution in [2.75, 3.05) is 7.11 Å². The molecule has 0 aliphatic heterocycles. The van der Waals surface area contributed by atoms with Gasteiger partial charge in [-0.15, -0.1) is 0 Å². The number of aromatic nitrogens is 2. The van der Waals surface area contributed by atoms with Gasteiger partial charge in [0.1, 0.15) is 0 Å². The largest absolute Gasteiger partial charge is 0.471 e. The summed E-state index contributed by atoms with van der Waals surface area (Å²) in [7, 11) is 1.35. The SMILES string of the molecule is CON(C=O)Cc1ccc(-c2noc(C(F)(F)F)n2)cc1. The molecule has 21 heavy (non-hydrogen) atoms. The van der Waals surface area contributed by atoms with Gasteiger partial charge in [0, 0.05) is 5.56 Å². The second-order valence-electron chi connectivity index (χ2n) is 3.98. The van der Waals surface area contributed by atoms with Gasteiger partial charge in [-0.1, -0.05) is 29.4 Å². The molecule has 0 aliphatic rings. The summed E-state index contributed by atoms with van der Waals surface area (Å²) < 4.78 is 41.2. The highest BCUT2D eigenvalue weighted by Crippen LogP contribution is 2.29. The van der Waals surface area contributed by atoms with Crippen LogP contribution in [0.15, 0.2) is 28.8 Å². The van der Waals surface area contributed by atoms with E-state index in [4.69, 9.17) is 4.84 Å². The quantitative estimate of drug-likeness (QED) is 0.626. The van der Waals surface area contributed by atoms with Crippen molar-refractivity contribution in [1.82, 2.24) is 15.2 Å². The molecule has 0 saturated carbocycles. The third-order valence-corrected chi connectivity index (χ3v) is 2.57. The molecule has 0 spiro atoms. The van der Waals surface area contributed by atoms with Crippen LogP contribution in [-0.4, -0.2) is 28.7 Å². The summed E-state index contributed by atoms with van der Waals surface area (Å²) in [5, 5.41) is 4.34. The fourth-order valence-corrected chi connectivity index (χ4v) is 1.54. The standard InChI is InChI=1S/C12H10F3N3O3/c1-20-18(7-19)6-8-2-4-9(5-3-8)10-16-11(21-17-10)12(13,14)15/h2-5,7H,6H2,1H3. The van der Waals surface area contributed by atoms with E-state index in [9.17, 15) is 18.0 Å². The van der Waals surface area contributed by atoms with Crippen LogP contribution in [0.2, 0.25) is 0 Å². The molecule has 2 aromatic rings. The van der Waals surface area contributed by atoms with Crippen LogP contribution >= 0.6 is 0 Å². The van der Waals surface area contributed by atoms with Gasteiger partial charge in [-0.2, -0.15) is 18.2 Å². The fraction of sp³-hybridized carbons (Fsp3) is 0.250. The predicted molar refractivity (Wildman–Crippen MR) is 63.4 cm³/mol. The molecule has 1 amide bonds. The lowest BCUT2D eigenvalue weighted by atomic mass is 10.1. The number of hydrogen-bond donors (Lipinski definition) is 0. The first kappa shape index (κ1) is 15.0. The monoisotopic (exact) mass is 301 g/mol. The average molecular weight is 301 g/mol. The average Bonchev–Trinajstić information content (AvgIpc) is 2.95. The molecule has 0 N–H and O–H groups in total. The molecule has 9 heteroatoms. The Labute approximate surface area is 117 Å². The number of hydroxylamine groups is 2. The van der Waals surface area contributed by atoms with Crippen LogP contribution in [0.25, 0.3) is 11.4 Å². The van der Waals surface area contributed by atoms with E-state index in [0.29, 0.717) is 12.0 Å². The van der Waals surface area contributed by atoms with Crippen molar-refractivity contribution in [3.63, 3.8) is 0 Å². The van der Waals surface area contributed by atoms with Crippen molar-refractivity contribution >= 4 is 6.41 Å². The fourth-order valence-electron chi connectivity index (χ4n) is 1.54. The molecule has 0 bridgehead atoms. The number of carbonyl (C=O) groups is 1. The zero-order valence-electron chi connectivity index (χ0n) is 10.8. The number of alkyl halides is 3. The summed E-state index contributed by atoms with van der Waals surface area (Å²) in [4.78, 5) is 18.6.